The maximum absolute atomic E-state index is 12.2. The molecule has 0 radical (unpaired) electrons. The summed E-state index contributed by atoms with van der Waals surface area (Å²) in [5.74, 6) is 0.0620. The molecular weight excluding hydrogens is 300 g/mol. The Morgan fingerprint density at radius 3 is 2.78 bits per heavy atom. The lowest BCUT2D eigenvalue weighted by Crippen LogP contribution is -2.17. The van der Waals surface area contributed by atoms with Gasteiger partial charge in [0, 0.05) is 24.5 Å². The van der Waals surface area contributed by atoms with E-state index in [0.29, 0.717) is 17.2 Å². The van der Waals surface area contributed by atoms with Gasteiger partial charge in [-0.1, -0.05) is 6.07 Å². The molecule has 2 aromatic rings. The summed E-state index contributed by atoms with van der Waals surface area (Å²) in [5.41, 5.74) is 1.29. The van der Waals surface area contributed by atoms with E-state index in [1.807, 2.05) is 0 Å². The molecule has 2 heterocycles. The Labute approximate surface area is 132 Å². The van der Waals surface area contributed by atoms with Crippen LogP contribution in [0.4, 0.5) is 5.69 Å². The molecule has 23 heavy (non-hydrogen) atoms. The van der Waals surface area contributed by atoms with E-state index in [0.717, 1.165) is 5.56 Å². The van der Waals surface area contributed by atoms with Crippen LogP contribution in [0.3, 0.4) is 0 Å². The van der Waals surface area contributed by atoms with E-state index in [2.05, 4.69) is 10.3 Å². The van der Waals surface area contributed by atoms with Crippen molar-refractivity contribution in [2.24, 2.45) is 0 Å². The van der Waals surface area contributed by atoms with E-state index in [1.165, 1.54) is 13.2 Å². The number of nitrogens with zero attached hydrogens (tertiary/aromatic N) is 1. The average molecular weight is 314 g/mol. The normalized spacial score (nSPS) is 11.9. The molecule has 7 heteroatoms. The van der Waals surface area contributed by atoms with Gasteiger partial charge in [0.25, 0.3) is 0 Å². The summed E-state index contributed by atoms with van der Waals surface area (Å²) < 4.78 is 15.3. The van der Waals surface area contributed by atoms with Crippen molar-refractivity contribution in [2.45, 2.75) is 6.42 Å². The van der Waals surface area contributed by atoms with E-state index in [9.17, 15) is 9.59 Å². The fourth-order valence-electron chi connectivity index (χ4n) is 2.21. The number of nitrogens with one attached hydrogen (secondary N) is 1. The minimum absolute atomic E-state index is 0.0725. The Balaban J connectivity index is 1.83. The molecular formula is C16H14N2O5. The second kappa shape index (κ2) is 6.35. The molecule has 0 saturated heterocycles. The molecule has 0 aliphatic carbocycles. The fraction of sp³-hybridized carbons (Fsp3) is 0.188. The lowest BCUT2D eigenvalue weighted by atomic mass is 10.1. The fourth-order valence-corrected chi connectivity index (χ4v) is 2.21. The number of methoxy groups -OCH3 is 1. The van der Waals surface area contributed by atoms with E-state index in [-0.39, 0.29) is 24.7 Å². The summed E-state index contributed by atoms with van der Waals surface area (Å²) in [6, 6.07) is 6.60. The summed E-state index contributed by atoms with van der Waals surface area (Å²) in [6.07, 6.45) is 3.39. The molecule has 1 amide bonds. The monoisotopic (exact) mass is 314 g/mol. The van der Waals surface area contributed by atoms with Crippen LogP contribution in [0.15, 0.2) is 36.7 Å². The quantitative estimate of drug-likeness (QED) is 0.866. The van der Waals surface area contributed by atoms with Crippen LogP contribution in [0, 0.1) is 0 Å². The van der Waals surface area contributed by atoms with Gasteiger partial charge in [-0.15, -0.1) is 0 Å². The Morgan fingerprint density at radius 1 is 1.30 bits per heavy atom. The minimum atomic E-state index is -0.569. The van der Waals surface area contributed by atoms with E-state index >= 15 is 0 Å². The first-order valence-electron chi connectivity index (χ1n) is 6.88. The van der Waals surface area contributed by atoms with Gasteiger partial charge in [0.15, 0.2) is 11.5 Å². The van der Waals surface area contributed by atoms with Crippen LogP contribution >= 0.6 is 0 Å². The van der Waals surface area contributed by atoms with Crippen molar-refractivity contribution in [3.8, 4) is 11.5 Å². The van der Waals surface area contributed by atoms with Crippen molar-refractivity contribution in [1.82, 2.24) is 4.98 Å². The van der Waals surface area contributed by atoms with Crippen molar-refractivity contribution in [3.05, 3.63) is 47.8 Å². The van der Waals surface area contributed by atoms with Crippen LogP contribution in [0.5, 0.6) is 11.5 Å². The largest absolute Gasteiger partial charge is 0.465 e. The van der Waals surface area contributed by atoms with Gasteiger partial charge in [-0.3, -0.25) is 9.78 Å². The van der Waals surface area contributed by atoms with Gasteiger partial charge < -0.3 is 19.5 Å². The van der Waals surface area contributed by atoms with E-state index in [4.69, 9.17) is 14.2 Å². The first kappa shape index (κ1) is 14.8. The van der Waals surface area contributed by atoms with E-state index in [1.54, 1.807) is 30.6 Å². The highest BCUT2D eigenvalue weighted by Gasteiger charge is 2.22. The lowest BCUT2D eigenvalue weighted by molar-refractivity contribution is -0.115. The van der Waals surface area contributed by atoms with Gasteiger partial charge in [0.2, 0.25) is 12.7 Å². The Morgan fingerprint density at radius 2 is 2.09 bits per heavy atom. The molecule has 118 valence electrons. The molecule has 0 fully saturated rings. The van der Waals surface area contributed by atoms with Crippen LogP contribution in [0.25, 0.3) is 0 Å². The van der Waals surface area contributed by atoms with Crippen LogP contribution in [0.1, 0.15) is 15.9 Å². The predicted octanol–water partition coefficient (Wildman–Crippen LogP) is 1.78. The Bertz CT molecular complexity index is 746. The zero-order valence-electron chi connectivity index (χ0n) is 12.4. The number of amides is 1. The Kier molecular flexibility index (Phi) is 4.09. The number of rotatable bonds is 4. The van der Waals surface area contributed by atoms with Crippen LogP contribution in [-0.2, 0) is 16.0 Å². The van der Waals surface area contributed by atoms with Crippen molar-refractivity contribution in [2.75, 3.05) is 19.2 Å². The number of hydrogen-bond acceptors (Lipinski definition) is 6. The molecule has 1 aromatic heterocycles. The number of fused-ring (bicyclic) bond motifs is 1. The van der Waals surface area contributed by atoms with Crippen LogP contribution in [-0.4, -0.2) is 30.8 Å². The maximum atomic E-state index is 12.2. The highest BCUT2D eigenvalue weighted by Crippen LogP contribution is 2.37. The molecule has 0 unspecified atom stereocenters. The lowest BCUT2D eigenvalue weighted by Gasteiger charge is -2.11. The third-order valence-electron chi connectivity index (χ3n) is 3.28. The number of carbonyl (C=O) groups excluding carboxylic acids is 2. The molecule has 0 atom stereocenters. The zero-order valence-corrected chi connectivity index (χ0v) is 12.4. The third kappa shape index (κ3) is 3.23. The summed E-state index contributed by atoms with van der Waals surface area (Å²) in [6.45, 7) is 0.0725. The van der Waals surface area contributed by atoms with E-state index < -0.39 is 5.97 Å². The van der Waals surface area contributed by atoms with Crippen LogP contribution in [0.2, 0.25) is 0 Å². The SMILES string of the molecule is COC(=O)c1cc2c(cc1NC(=O)Cc1cccnc1)OCO2. The van der Waals surface area contributed by atoms with Crippen molar-refractivity contribution in [1.29, 1.82) is 0 Å². The first-order valence-corrected chi connectivity index (χ1v) is 6.88. The number of hydrogen-bond donors (Lipinski definition) is 1. The highest BCUT2D eigenvalue weighted by molar-refractivity contribution is 6.02. The third-order valence-corrected chi connectivity index (χ3v) is 3.28. The van der Waals surface area contributed by atoms with Crippen molar-refractivity contribution in [3.63, 3.8) is 0 Å². The molecule has 1 N–H and O–H groups in total. The summed E-state index contributed by atoms with van der Waals surface area (Å²) >= 11 is 0. The molecule has 3 rings (SSSR count). The number of aromatic nitrogens is 1. The molecule has 1 aromatic carbocycles. The van der Waals surface area contributed by atoms with Gasteiger partial charge in [-0.05, 0) is 11.6 Å². The standard InChI is InChI=1S/C16H14N2O5/c1-21-16(20)11-6-13-14(23-9-22-13)7-12(11)18-15(19)5-10-3-2-4-17-8-10/h2-4,6-8H,5,9H2,1H3,(H,18,19). The van der Waals surface area contributed by atoms with Crippen molar-refractivity contribution >= 4 is 17.6 Å². The van der Waals surface area contributed by atoms with Gasteiger partial charge in [0.1, 0.15) is 0 Å². The summed E-state index contributed by atoms with van der Waals surface area (Å²) in [7, 11) is 1.27. The predicted molar refractivity (Wildman–Crippen MR) is 80.5 cm³/mol. The van der Waals surface area contributed by atoms with Crippen molar-refractivity contribution < 1.29 is 23.8 Å². The second-order valence-corrected chi connectivity index (χ2v) is 4.83. The average Bonchev–Trinajstić information content (AvgIpc) is 3.01. The van der Waals surface area contributed by atoms with Gasteiger partial charge >= 0.3 is 5.97 Å². The second-order valence-electron chi connectivity index (χ2n) is 4.83. The molecule has 0 spiro atoms. The van der Waals surface area contributed by atoms with Gasteiger partial charge in [-0.2, -0.15) is 0 Å². The number of pyridine rings is 1. The molecule has 0 saturated carbocycles. The molecule has 7 nitrogen and oxygen atoms in total. The number of benzene rings is 1. The van der Waals surface area contributed by atoms with Crippen LogP contribution < -0.4 is 14.8 Å². The summed E-state index contributed by atoms with van der Waals surface area (Å²) in [4.78, 5) is 28.0. The van der Waals surface area contributed by atoms with Gasteiger partial charge in [0.05, 0.1) is 24.8 Å². The minimum Gasteiger partial charge on any atom is -0.465 e. The zero-order chi connectivity index (χ0) is 16.2. The summed E-state index contributed by atoms with van der Waals surface area (Å²) in [5, 5.41) is 2.70. The highest BCUT2D eigenvalue weighted by atomic mass is 16.7. The maximum Gasteiger partial charge on any atom is 0.340 e. The topological polar surface area (TPSA) is 86.8 Å². The number of anilines is 1. The molecule has 1 aliphatic rings. The molecule has 0 bridgehead atoms. The smallest absolute Gasteiger partial charge is 0.340 e. The van der Waals surface area contributed by atoms with Gasteiger partial charge in [-0.25, -0.2) is 4.79 Å². The first-order chi connectivity index (χ1) is 11.2. The number of carbonyl (C=O) groups is 2. The molecule has 1 aliphatic heterocycles. The number of ether oxygens (including phenoxy) is 3. The Hall–Kier alpha value is -3.09. The number of esters is 1.